The Labute approximate surface area is 182 Å². The lowest BCUT2D eigenvalue weighted by Gasteiger charge is -2.26. The van der Waals surface area contributed by atoms with Crippen molar-refractivity contribution in [3.8, 4) is 5.75 Å². The van der Waals surface area contributed by atoms with Gasteiger partial charge in [0.05, 0.1) is 19.2 Å². The van der Waals surface area contributed by atoms with Crippen LogP contribution in [-0.4, -0.2) is 42.8 Å². The normalized spacial score (nSPS) is 14.8. The molecule has 0 aliphatic carbocycles. The zero-order chi connectivity index (χ0) is 21.6. The molecule has 2 heterocycles. The number of hydrogen-bond donors (Lipinski definition) is 1. The van der Waals surface area contributed by atoms with Gasteiger partial charge in [0.15, 0.2) is 0 Å². The van der Waals surface area contributed by atoms with Gasteiger partial charge in [-0.15, -0.1) is 0 Å². The second kappa shape index (κ2) is 10.1. The lowest BCUT2D eigenvalue weighted by atomic mass is 10.1. The molecule has 1 aliphatic rings. The molecule has 1 N–H and O–H groups in total. The summed E-state index contributed by atoms with van der Waals surface area (Å²) < 4.78 is 21.3. The first-order chi connectivity index (χ1) is 15.2. The average Bonchev–Trinajstić information content (AvgIpc) is 2.80. The Bertz CT molecular complexity index is 1090. The van der Waals surface area contributed by atoms with Crippen LogP contribution in [0, 0.1) is 5.82 Å². The number of nitrogens with one attached hydrogen (secondary N) is 1. The minimum Gasteiger partial charge on any atom is -0.497 e. The fourth-order valence-corrected chi connectivity index (χ4v) is 4.26. The third-order valence-corrected chi connectivity index (χ3v) is 6.03. The second-order valence-corrected chi connectivity index (χ2v) is 8.16. The summed E-state index contributed by atoms with van der Waals surface area (Å²) in [6.07, 6.45) is 3.87. The van der Waals surface area contributed by atoms with E-state index in [-0.39, 0.29) is 17.9 Å². The van der Waals surface area contributed by atoms with Crippen LogP contribution in [0.2, 0.25) is 0 Å². The van der Waals surface area contributed by atoms with E-state index in [1.807, 2.05) is 24.3 Å². The molecule has 0 amide bonds. The average molecular weight is 424 g/mol. The summed E-state index contributed by atoms with van der Waals surface area (Å²) in [5.74, 6) is 0.358. The zero-order valence-electron chi connectivity index (χ0n) is 18.1. The molecular weight excluding hydrogens is 393 g/mol. The van der Waals surface area contributed by atoms with Gasteiger partial charge in [-0.3, -0.25) is 4.79 Å². The van der Waals surface area contributed by atoms with Gasteiger partial charge in [0.1, 0.15) is 11.6 Å². The highest BCUT2D eigenvalue weighted by molar-refractivity contribution is 5.81. The molecule has 2 aromatic carbocycles. The summed E-state index contributed by atoms with van der Waals surface area (Å²) in [5.41, 5.74) is 1.82. The molecule has 1 fully saturated rings. The number of aromatic nitrogens is 1. The van der Waals surface area contributed by atoms with Gasteiger partial charge in [-0.05, 0) is 55.6 Å². The molecule has 0 atom stereocenters. The molecular formula is C25H30FN3O2. The standard InChI is InChI=1S/C25H30FN3O2/c1-31-22-10-9-19-15-21(17-27-11-14-28-12-5-2-6-13-28)25(30)29(24(19)16-22)18-20-7-3-4-8-23(20)26/h3-4,7-10,15-16,27H,2,5-6,11-14,17-18H2,1H3. The summed E-state index contributed by atoms with van der Waals surface area (Å²) in [7, 11) is 1.60. The third-order valence-electron chi connectivity index (χ3n) is 6.03. The molecule has 4 rings (SSSR count). The number of rotatable bonds is 8. The van der Waals surface area contributed by atoms with Gasteiger partial charge in [-0.2, -0.15) is 0 Å². The molecule has 0 unspecified atom stereocenters. The number of fused-ring (bicyclic) bond motifs is 1. The van der Waals surface area contributed by atoms with Crippen LogP contribution in [-0.2, 0) is 13.1 Å². The minimum atomic E-state index is -0.310. The van der Waals surface area contributed by atoms with Crippen molar-refractivity contribution in [2.45, 2.75) is 32.4 Å². The summed E-state index contributed by atoms with van der Waals surface area (Å²) in [4.78, 5) is 15.8. The maximum absolute atomic E-state index is 14.3. The molecule has 3 aromatic rings. The number of methoxy groups -OCH3 is 1. The lowest BCUT2D eigenvalue weighted by Crippen LogP contribution is -2.36. The predicted molar refractivity (Wildman–Crippen MR) is 122 cm³/mol. The number of likely N-dealkylation sites (tertiary alicyclic amines) is 1. The van der Waals surface area contributed by atoms with Crippen LogP contribution in [0.25, 0.3) is 10.9 Å². The Kier molecular flexibility index (Phi) is 6.99. The molecule has 5 nitrogen and oxygen atoms in total. The first kappa shape index (κ1) is 21.5. The lowest BCUT2D eigenvalue weighted by molar-refractivity contribution is 0.229. The van der Waals surface area contributed by atoms with E-state index in [0.29, 0.717) is 23.4 Å². The van der Waals surface area contributed by atoms with E-state index < -0.39 is 0 Å². The zero-order valence-corrected chi connectivity index (χ0v) is 18.1. The number of pyridine rings is 1. The van der Waals surface area contributed by atoms with Gasteiger partial charge in [-0.25, -0.2) is 4.39 Å². The van der Waals surface area contributed by atoms with E-state index in [9.17, 15) is 9.18 Å². The van der Waals surface area contributed by atoms with Crippen molar-refractivity contribution in [2.24, 2.45) is 0 Å². The molecule has 1 saturated heterocycles. The van der Waals surface area contributed by atoms with E-state index in [4.69, 9.17) is 4.74 Å². The first-order valence-electron chi connectivity index (χ1n) is 11.0. The maximum Gasteiger partial charge on any atom is 0.255 e. The Morgan fingerprint density at radius 2 is 1.84 bits per heavy atom. The summed E-state index contributed by atoms with van der Waals surface area (Å²) >= 11 is 0. The predicted octanol–water partition coefficient (Wildman–Crippen LogP) is 3.77. The van der Waals surface area contributed by atoms with Gasteiger partial charge in [0.2, 0.25) is 0 Å². The molecule has 0 radical (unpaired) electrons. The van der Waals surface area contributed by atoms with E-state index in [2.05, 4.69) is 10.2 Å². The van der Waals surface area contributed by atoms with Gasteiger partial charge >= 0.3 is 0 Å². The molecule has 1 aromatic heterocycles. The molecule has 31 heavy (non-hydrogen) atoms. The van der Waals surface area contributed by atoms with Crippen LogP contribution >= 0.6 is 0 Å². The largest absolute Gasteiger partial charge is 0.497 e. The maximum atomic E-state index is 14.3. The first-order valence-corrected chi connectivity index (χ1v) is 11.0. The van der Waals surface area contributed by atoms with Crippen molar-refractivity contribution < 1.29 is 9.13 Å². The highest BCUT2D eigenvalue weighted by Crippen LogP contribution is 2.22. The summed E-state index contributed by atoms with van der Waals surface area (Å²) in [6.45, 7) is 4.83. The number of halogens is 1. The van der Waals surface area contributed by atoms with Crippen LogP contribution in [0.3, 0.4) is 0 Å². The van der Waals surface area contributed by atoms with Crippen LogP contribution < -0.4 is 15.6 Å². The van der Waals surface area contributed by atoms with Crippen LogP contribution in [0.1, 0.15) is 30.4 Å². The summed E-state index contributed by atoms with van der Waals surface area (Å²) in [5, 5.41) is 4.36. The van der Waals surface area contributed by atoms with E-state index in [1.54, 1.807) is 29.9 Å². The van der Waals surface area contributed by atoms with E-state index >= 15 is 0 Å². The Balaban J connectivity index is 1.59. The van der Waals surface area contributed by atoms with Crippen LogP contribution in [0.5, 0.6) is 5.75 Å². The molecule has 1 aliphatic heterocycles. The van der Waals surface area contributed by atoms with Gasteiger partial charge in [0, 0.05) is 36.8 Å². The van der Waals surface area contributed by atoms with Crippen LogP contribution in [0.4, 0.5) is 4.39 Å². The fourth-order valence-electron chi connectivity index (χ4n) is 4.26. The van der Waals surface area contributed by atoms with Crippen molar-refractivity contribution in [3.05, 3.63) is 75.8 Å². The third kappa shape index (κ3) is 5.14. The number of nitrogens with zero attached hydrogens (tertiary/aromatic N) is 2. The van der Waals surface area contributed by atoms with Crippen molar-refractivity contribution in [2.75, 3.05) is 33.3 Å². The van der Waals surface area contributed by atoms with Crippen molar-refractivity contribution in [3.63, 3.8) is 0 Å². The monoisotopic (exact) mass is 423 g/mol. The van der Waals surface area contributed by atoms with Crippen LogP contribution in [0.15, 0.2) is 53.3 Å². The molecule has 164 valence electrons. The highest BCUT2D eigenvalue weighted by atomic mass is 19.1. The topological polar surface area (TPSA) is 46.5 Å². The van der Waals surface area contributed by atoms with Crippen molar-refractivity contribution in [1.82, 2.24) is 14.8 Å². The number of hydrogen-bond acceptors (Lipinski definition) is 4. The van der Waals surface area contributed by atoms with E-state index in [0.717, 1.165) is 37.1 Å². The molecule has 6 heteroatoms. The molecule has 0 saturated carbocycles. The number of ether oxygens (including phenoxy) is 1. The number of benzene rings is 2. The summed E-state index contributed by atoms with van der Waals surface area (Å²) in [6, 6.07) is 14.2. The van der Waals surface area contributed by atoms with Crippen molar-refractivity contribution in [1.29, 1.82) is 0 Å². The minimum absolute atomic E-state index is 0.102. The molecule has 0 spiro atoms. The molecule has 0 bridgehead atoms. The second-order valence-electron chi connectivity index (χ2n) is 8.16. The highest BCUT2D eigenvalue weighted by Gasteiger charge is 2.13. The number of piperidine rings is 1. The Hall–Kier alpha value is -2.70. The quantitative estimate of drug-likeness (QED) is 0.561. The fraction of sp³-hybridized carbons (Fsp3) is 0.400. The Morgan fingerprint density at radius 3 is 2.61 bits per heavy atom. The van der Waals surface area contributed by atoms with Crippen molar-refractivity contribution >= 4 is 10.9 Å². The smallest absolute Gasteiger partial charge is 0.255 e. The SMILES string of the molecule is COc1ccc2cc(CNCCN3CCCCC3)c(=O)n(Cc3ccccc3F)c2c1. The van der Waals surface area contributed by atoms with Gasteiger partial charge in [0.25, 0.3) is 5.56 Å². The van der Waals surface area contributed by atoms with Gasteiger partial charge < -0.3 is 19.5 Å². The van der Waals surface area contributed by atoms with Gasteiger partial charge in [-0.1, -0.05) is 24.6 Å². The Morgan fingerprint density at radius 1 is 1.03 bits per heavy atom. The van der Waals surface area contributed by atoms with E-state index in [1.165, 1.54) is 25.3 Å².